The molecule has 0 aliphatic carbocycles. The first-order chi connectivity index (χ1) is 5.07. The maximum absolute atomic E-state index is 10.7. The van der Waals surface area contributed by atoms with Crippen LogP contribution in [-0.2, 0) is 9.59 Å². The first-order valence-electron chi connectivity index (χ1n) is 3.57. The molecule has 0 aliphatic rings. The molecule has 0 saturated heterocycles. The Kier molecular flexibility index (Phi) is 4.94. The van der Waals surface area contributed by atoms with Gasteiger partial charge in [-0.15, -0.1) is 12.6 Å². The average Bonchev–Trinajstić information content (AvgIpc) is 1.86. The van der Waals surface area contributed by atoms with E-state index in [0.717, 1.165) is 6.42 Å². The van der Waals surface area contributed by atoms with Gasteiger partial charge in [-0.2, -0.15) is 0 Å². The fourth-order valence-corrected chi connectivity index (χ4v) is 0.985. The second kappa shape index (κ2) is 5.18. The summed E-state index contributed by atoms with van der Waals surface area (Å²) in [7, 11) is 0. The van der Waals surface area contributed by atoms with E-state index >= 15 is 0 Å². The predicted molar refractivity (Wildman–Crippen MR) is 46.5 cm³/mol. The van der Waals surface area contributed by atoms with Gasteiger partial charge < -0.3 is 5.32 Å². The summed E-state index contributed by atoms with van der Waals surface area (Å²) < 4.78 is 0. The van der Waals surface area contributed by atoms with Crippen LogP contribution in [0.4, 0.5) is 0 Å². The molecule has 0 aromatic rings. The van der Waals surface area contributed by atoms with Gasteiger partial charge in [0.25, 0.3) is 0 Å². The van der Waals surface area contributed by atoms with Gasteiger partial charge in [-0.25, -0.2) is 0 Å². The first kappa shape index (κ1) is 10.5. The van der Waals surface area contributed by atoms with Gasteiger partial charge in [0.2, 0.25) is 11.0 Å². The number of carbonyl (C=O) groups excluding carboxylic acids is 2. The van der Waals surface area contributed by atoms with Crippen molar-refractivity contribution in [1.82, 2.24) is 5.32 Å². The molecule has 0 rings (SSSR count). The van der Waals surface area contributed by atoms with Crippen LogP contribution in [0, 0.1) is 0 Å². The molecule has 0 radical (unpaired) electrons. The summed E-state index contributed by atoms with van der Waals surface area (Å²) in [6, 6.07) is -0.416. The Hall–Kier alpha value is -0.510. The zero-order valence-corrected chi connectivity index (χ0v) is 7.65. The van der Waals surface area contributed by atoms with E-state index in [4.69, 9.17) is 0 Å². The van der Waals surface area contributed by atoms with Crippen molar-refractivity contribution < 1.29 is 9.59 Å². The molecule has 1 atom stereocenters. The Labute approximate surface area is 72.0 Å². The lowest BCUT2D eigenvalue weighted by atomic mass is 10.2. The van der Waals surface area contributed by atoms with Crippen LogP contribution in [0.5, 0.6) is 0 Å². The van der Waals surface area contributed by atoms with Crippen LogP contribution in [0.15, 0.2) is 0 Å². The summed E-state index contributed by atoms with van der Waals surface area (Å²) in [5, 5.41) is 2.24. The van der Waals surface area contributed by atoms with E-state index in [2.05, 4.69) is 17.9 Å². The molecule has 0 heterocycles. The van der Waals surface area contributed by atoms with Gasteiger partial charge in [-0.1, -0.05) is 13.3 Å². The van der Waals surface area contributed by atoms with Crippen molar-refractivity contribution in [1.29, 1.82) is 0 Å². The van der Waals surface area contributed by atoms with Crippen LogP contribution in [0.25, 0.3) is 0 Å². The Morgan fingerprint density at radius 2 is 2.09 bits per heavy atom. The molecule has 4 heteroatoms. The summed E-state index contributed by atoms with van der Waals surface area (Å²) in [6.45, 7) is 3.34. The second-order valence-corrected chi connectivity index (χ2v) is 2.82. The summed E-state index contributed by atoms with van der Waals surface area (Å²) >= 11 is 3.65. The Morgan fingerprint density at radius 1 is 1.55 bits per heavy atom. The maximum Gasteiger partial charge on any atom is 0.217 e. The van der Waals surface area contributed by atoms with Crippen LogP contribution in [0.2, 0.25) is 0 Å². The smallest absolute Gasteiger partial charge is 0.217 e. The number of nitrogens with one attached hydrogen (secondary N) is 1. The third-order valence-electron chi connectivity index (χ3n) is 1.25. The van der Waals surface area contributed by atoms with Crippen LogP contribution in [0.1, 0.15) is 26.7 Å². The zero-order chi connectivity index (χ0) is 8.85. The fraction of sp³-hybridized carbons (Fsp3) is 0.714. The average molecular weight is 175 g/mol. The van der Waals surface area contributed by atoms with Crippen LogP contribution in [-0.4, -0.2) is 17.1 Å². The topological polar surface area (TPSA) is 46.2 Å². The molecule has 0 aromatic heterocycles. The lowest BCUT2D eigenvalue weighted by Crippen LogP contribution is -2.37. The standard InChI is InChI=1S/C7H13NO2S/c1-3-4-6(7(10)11)8-5(2)9/h6H,3-4H2,1-2H3,(H,8,9)(H,10,11). The lowest BCUT2D eigenvalue weighted by Gasteiger charge is -2.11. The number of hydrogen-bond donors (Lipinski definition) is 2. The minimum Gasteiger partial charge on any atom is -0.346 e. The molecule has 1 unspecified atom stereocenters. The minimum atomic E-state index is -0.416. The molecule has 0 fully saturated rings. The van der Waals surface area contributed by atoms with Crippen molar-refractivity contribution >= 4 is 23.7 Å². The van der Waals surface area contributed by atoms with Crippen LogP contribution in [0.3, 0.4) is 0 Å². The number of hydrogen-bond acceptors (Lipinski definition) is 2. The molecule has 11 heavy (non-hydrogen) atoms. The summed E-state index contributed by atoms with van der Waals surface area (Å²) in [4.78, 5) is 21.3. The minimum absolute atomic E-state index is 0.189. The van der Waals surface area contributed by atoms with E-state index in [1.165, 1.54) is 6.92 Å². The zero-order valence-electron chi connectivity index (χ0n) is 6.76. The highest BCUT2D eigenvalue weighted by Gasteiger charge is 2.13. The molecule has 1 N–H and O–H groups in total. The third kappa shape index (κ3) is 4.84. The molecule has 0 saturated carbocycles. The van der Waals surface area contributed by atoms with Crippen molar-refractivity contribution in [3.63, 3.8) is 0 Å². The van der Waals surface area contributed by atoms with E-state index in [1.54, 1.807) is 0 Å². The van der Waals surface area contributed by atoms with Gasteiger partial charge in [0, 0.05) is 6.92 Å². The third-order valence-corrected chi connectivity index (χ3v) is 1.56. The van der Waals surface area contributed by atoms with E-state index in [0.29, 0.717) is 6.42 Å². The lowest BCUT2D eigenvalue weighted by molar-refractivity contribution is -0.123. The number of thiol groups is 1. The van der Waals surface area contributed by atoms with Crippen molar-refractivity contribution in [3.05, 3.63) is 0 Å². The second-order valence-electron chi connectivity index (χ2n) is 2.38. The Morgan fingerprint density at radius 3 is 2.36 bits per heavy atom. The predicted octanol–water partition coefficient (Wildman–Crippen LogP) is 0.748. The highest BCUT2D eigenvalue weighted by Crippen LogP contribution is 2.00. The largest absolute Gasteiger partial charge is 0.346 e. The quantitative estimate of drug-likeness (QED) is 0.619. The molecular weight excluding hydrogens is 162 g/mol. The van der Waals surface area contributed by atoms with Gasteiger partial charge in [0.05, 0.1) is 6.04 Å². The SMILES string of the molecule is CCCC(NC(C)=O)C(=O)S. The van der Waals surface area contributed by atoms with Crippen molar-refractivity contribution in [3.8, 4) is 0 Å². The highest BCUT2D eigenvalue weighted by atomic mass is 32.1. The van der Waals surface area contributed by atoms with Crippen LogP contribution >= 0.6 is 12.6 Å². The van der Waals surface area contributed by atoms with Crippen molar-refractivity contribution in [2.75, 3.05) is 0 Å². The number of rotatable bonds is 4. The fourth-order valence-electron chi connectivity index (χ4n) is 0.791. The van der Waals surface area contributed by atoms with E-state index in [9.17, 15) is 9.59 Å². The molecule has 0 aliphatic heterocycles. The van der Waals surface area contributed by atoms with Crippen molar-refractivity contribution in [2.45, 2.75) is 32.7 Å². The summed E-state index contributed by atoms with van der Waals surface area (Å²) in [6.07, 6.45) is 1.51. The van der Waals surface area contributed by atoms with Crippen molar-refractivity contribution in [2.24, 2.45) is 0 Å². The van der Waals surface area contributed by atoms with E-state index < -0.39 is 6.04 Å². The van der Waals surface area contributed by atoms with E-state index in [-0.39, 0.29) is 11.0 Å². The normalized spacial score (nSPS) is 12.3. The van der Waals surface area contributed by atoms with Gasteiger partial charge in [-0.05, 0) is 6.42 Å². The maximum atomic E-state index is 10.7. The molecule has 3 nitrogen and oxygen atoms in total. The highest BCUT2D eigenvalue weighted by molar-refractivity contribution is 7.96. The Bertz CT molecular complexity index is 159. The Balaban J connectivity index is 3.89. The number of carbonyl (C=O) groups is 2. The monoisotopic (exact) mass is 175 g/mol. The molecule has 0 bridgehead atoms. The van der Waals surface area contributed by atoms with E-state index in [1.807, 2.05) is 6.92 Å². The molecule has 1 amide bonds. The first-order valence-corrected chi connectivity index (χ1v) is 4.02. The van der Waals surface area contributed by atoms with Gasteiger partial charge in [-0.3, -0.25) is 9.59 Å². The van der Waals surface area contributed by atoms with Gasteiger partial charge in [0.15, 0.2) is 0 Å². The molecule has 0 spiro atoms. The summed E-state index contributed by atoms with van der Waals surface area (Å²) in [5.74, 6) is -0.189. The van der Waals surface area contributed by atoms with Gasteiger partial charge >= 0.3 is 0 Å². The van der Waals surface area contributed by atoms with Gasteiger partial charge in [0.1, 0.15) is 0 Å². The molecule has 0 aromatic carbocycles. The summed E-state index contributed by atoms with van der Waals surface area (Å²) in [5.41, 5.74) is 0. The number of amides is 1. The molecule has 64 valence electrons. The van der Waals surface area contributed by atoms with Crippen LogP contribution < -0.4 is 5.32 Å². The molecular formula is C7H13NO2S.